The minimum Gasteiger partial charge on any atom is -0.369 e. The first kappa shape index (κ1) is 19.7. The van der Waals surface area contributed by atoms with Gasteiger partial charge < -0.3 is 10.2 Å². The molecule has 1 N–H and O–H groups in total. The third kappa shape index (κ3) is 4.12. The van der Waals surface area contributed by atoms with E-state index in [1.807, 2.05) is 6.07 Å². The van der Waals surface area contributed by atoms with Crippen LogP contribution in [0.4, 0.5) is 10.8 Å². The monoisotopic (exact) mass is 409 g/mol. The van der Waals surface area contributed by atoms with E-state index in [1.54, 1.807) is 6.92 Å². The van der Waals surface area contributed by atoms with Crippen molar-refractivity contribution in [2.75, 3.05) is 36.4 Å². The van der Waals surface area contributed by atoms with Crippen molar-refractivity contribution in [3.63, 3.8) is 0 Å². The summed E-state index contributed by atoms with van der Waals surface area (Å²) in [5.41, 5.74) is 3.58. The zero-order chi connectivity index (χ0) is 19.6. The maximum atomic E-state index is 12.8. The molecule has 0 radical (unpaired) electrons. The fourth-order valence-corrected chi connectivity index (χ4v) is 5.41. The fraction of sp³-hybridized carbons (Fsp3) is 0.471. The second-order valence-corrected chi connectivity index (χ2v) is 9.47. The van der Waals surface area contributed by atoms with Gasteiger partial charge in [0.1, 0.15) is 0 Å². The Bertz CT molecular complexity index is 934. The SMILES string of the molecule is CCC(=O)Nc1nnc(S(=O)(=O)N2CCN(c3cccc(C)c3C)CC2)s1. The molecule has 2 heterocycles. The Balaban J connectivity index is 1.70. The molecule has 10 heteroatoms. The molecular weight excluding hydrogens is 386 g/mol. The zero-order valence-corrected chi connectivity index (χ0v) is 17.2. The van der Waals surface area contributed by atoms with E-state index in [0.29, 0.717) is 32.6 Å². The number of sulfonamides is 1. The molecule has 8 nitrogen and oxygen atoms in total. The standard InChI is InChI=1S/C17H23N5O3S2/c1-4-15(23)18-16-19-20-17(26-16)27(24,25)22-10-8-21(9-11-22)14-7-5-6-12(2)13(14)3/h5-7H,4,8-11H2,1-3H3,(H,18,19,23). The highest BCUT2D eigenvalue weighted by Gasteiger charge is 2.32. The smallest absolute Gasteiger partial charge is 0.272 e. The van der Waals surface area contributed by atoms with Crippen LogP contribution >= 0.6 is 11.3 Å². The van der Waals surface area contributed by atoms with Crippen LogP contribution in [-0.4, -0.2) is 55.0 Å². The van der Waals surface area contributed by atoms with Gasteiger partial charge in [-0.3, -0.25) is 4.79 Å². The number of amides is 1. The summed E-state index contributed by atoms with van der Waals surface area (Å²) in [6, 6.07) is 6.16. The maximum Gasteiger partial charge on any atom is 0.272 e. The number of benzene rings is 1. The summed E-state index contributed by atoms with van der Waals surface area (Å²) in [6.07, 6.45) is 0.294. The molecule has 2 aromatic rings. The molecule has 0 aliphatic carbocycles. The number of nitrogens with one attached hydrogen (secondary N) is 1. The number of nitrogens with zero attached hydrogens (tertiary/aromatic N) is 4. The summed E-state index contributed by atoms with van der Waals surface area (Å²) in [7, 11) is -3.71. The van der Waals surface area contributed by atoms with Crippen molar-refractivity contribution in [3.8, 4) is 0 Å². The normalized spacial score (nSPS) is 15.7. The third-order valence-corrected chi connectivity index (χ3v) is 7.77. The number of hydrogen-bond acceptors (Lipinski definition) is 7. The van der Waals surface area contributed by atoms with E-state index in [0.717, 1.165) is 17.0 Å². The van der Waals surface area contributed by atoms with Crippen molar-refractivity contribution in [2.24, 2.45) is 0 Å². The predicted molar refractivity (Wildman–Crippen MR) is 106 cm³/mol. The van der Waals surface area contributed by atoms with Crippen molar-refractivity contribution in [3.05, 3.63) is 29.3 Å². The molecule has 0 bridgehead atoms. The van der Waals surface area contributed by atoms with Crippen molar-refractivity contribution in [2.45, 2.75) is 31.5 Å². The van der Waals surface area contributed by atoms with Gasteiger partial charge in [-0.05, 0) is 31.0 Å². The van der Waals surface area contributed by atoms with Crippen LogP contribution in [0.3, 0.4) is 0 Å². The summed E-state index contributed by atoms with van der Waals surface area (Å²) >= 11 is 0.881. The number of anilines is 2. The molecule has 0 spiro atoms. The average molecular weight is 410 g/mol. The molecule has 1 saturated heterocycles. The van der Waals surface area contributed by atoms with Crippen molar-refractivity contribution in [1.82, 2.24) is 14.5 Å². The highest BCUT2D eigenvalue weighted by atomic mass is 32.2. The lowest BCUT2D eigenvalue weighted by Crippen LogP contribution is -2.48. The molecule has 0 unspecified atom stereocenters. The van der Waals surface area contributed by atoms with Crippen molar-refractivity contribution in [1.29, 1.82) is 0 Å². The van der Waals surface area contributed by atoms with Gasteiger partial charge >= 0.3 is 0 Å². The third-order valence-electron chi connectivity index (χ3n) is 4.69. The van der Waals surface area contributed by atoms with Crippen LogP contribution in [0.15, 0.2) is 22.5 Å². The van der Waals surface area contributed by atoms with E-state index < -0.39 is 10.0 Å². The highest BCUT2D eigenvalue weighted by molar-refractivity contribution is 7.91. The molecule has 1 aromatic heterocycles. The van der Waals surface area contributed by atoms with Crippen LogP contribution in [0.5, 0.6) is 0 Å². The lowest BCUT2D eigenvalue weighted by atomic mass is 10.1. The van der Waals surface area contributed by atoms with Gasteiger partial charge in [0.2, 0.25) is 15.4 Å². The quantitative estimate of drug-likeness (QED) is 0.759. The van der Waals surface area contributed by atoms with Gasteiger partial charge in [-0.2, -0.15) is 4.31 Å². The van der Waals surface area contributed by atoms with E-state index >= 15 is 0 Å². The van der Waals surface area contributed by atoms with Crippen LogP contribution < -0.4 is 10.2 Å². The van der Waals surface area contributed by atoms with Crippen LogP contribution in [0.1, 0.15) is 24.5 Å². The summed E-state index contributed by atoms with van der Waals surface area (Å²) < 4.78 is 27.0. The Labute approximate surface area is 163 Å². The molecule has 27 heavy (non-hydrogen) atoms. The molecule has 3 rings (SSSR count). The maximum absolute atomic E-state index is 12.8. The first-order valence-corrected chi connectivity index (χ1v) is 11.0. The molecule has 1 aliphatic rings. The molecule has 0 saturated carbocycles. The number of aromatic nitrogens is 2. The Morgan fingerprint density at radius 3 is 2.56 bits per heavy atom. The number of aryl methyl sites for hydroxylation is 1. The summed E-state index contributed by atoms with van der Waals surface area (Å²) in [6.45, 7) is 7.86. The van der Waals surface area contributed by atoms with Gasteiger partial charge in [-0.1, -0.05) is 30.4 Å². The second kappa shape index (κ2) is 7.91. The Kier molecular flexibility index (Phi) is 5.78. The van der Waals surface area contributed by atoms with Gasteiger partial charge in [-0.15, -0.1) is 10.2 Å². The van der Waals surface area contributed by atoms with Crippen LogP contribution in [0.25, 0.3) is 0 Å². The van der Waals surface area contributed by atoms with Crippen LogP contribution in [0.2, 0.25) is 0 Å². The molecule has 1 aliphatic heterocycles. The van der Waals surface area contributed by atoms with Gasteiger partial charge in [0.15, 0.2) is 0 Å². The van der Waals surface area contributed by atoms with Gasteiger partial charge in [-0.25, -0.2) is 8.42 Å². The van der Waals surface area contributed by atoms with Gasteiger partial charge in [0.25, 0.3) is 10.0 Å². The van der Waals surface area contributed by atoms with Crippen molar-refractivity contribution < 1.29 is 13.2 Å². The average Bonchev–Trinajstić information content (AvgIpc) is 3.13. The van der Waals surface area contributed by atoms with Crippen LogP contribution in [0, 0.1) is 13.8 Å². The summed E-state index contributed by atoms with van der Waals surface area (Å²) in [4.78, 5) is 13.6. The van der Waals surface area contributed by atoms with Crippen LogP contribution in [-0.2, 0) is 14.8 Å². The van der Waals surface area contributed by atoms with E-state index in [2.05, 4.69) is 46.4 Å². The topological polar surface area (TPSA) is 95.5 Å². The highest BCUT2D eigenvalue weighted by Crippen LogP contribution is 2.27. The predicted octanol–water partition coefficient (Wildman–Crippen LogP) is 2.01. The lowest BCUT2D eigenvalue weighted by molar-refractivity contribution is -0.115. The molecule has 0 atom stereocenters. The number of carbonyl (C=O) groups excluding carboxylic acids is 1. The van der Waals surface area contributed by atoms with E-state index in [9.17, 15) is 13.2 Å². The first-order chi connectivity index (χ1) is 12.8. The summed E-state index contributed by atoms with van der Waals surface area (Å²) in [5.74, 6) is -0.225. The molecule has 1 aromatic carbocycles. The summed E-state index contributed by atoms with van der Waals surface area (Å²) in [5, 5.41) is 10.3. The van der Waals surface area contributed by atoms with Gasteiger partial charge in [0.05, 0.1) is 0 Å². The number of hydrogen-bond donors (Lipinski definition) is 1. The lowest BCUT2D eigenvalue weighted by Gasteiger charge is -2.35. The molecular formula is C17H23N5O3S2. The van der Waals surface area contributed by atoms with E-state index in [-0.39, 0.29) is 15.4 Å². The Morgan fingerprint density at radius 1 is 1.19 bits per heavy atom. The zero-order valence-electron chi connectivity index (χ0n) is 15.6. The molecule has 146 valence electrons. The van der Waals surface area contributed by atoms with E-state index in [4.69, 9.17) is 0 Å². The second-order valence-electron chi connectivity index (χ2n) is 6.39. The fourth-order valence-electron chi connectivity index (χ4n) is 2.93. The number of carbonyl (C=O) groups is 1. The number of rotatable bonds is 5. The van der Waals surface area contributed by atoms with Gasteiger partial charge in [0, 0.05) is 38.3 Å². The minimum atomic E-state index is -3.71. The number of piperazine rings is 1. The Hall–Kier alpha value is -2.04. The first-order valence-electron chi connectivity index (χ1n) is 8.77. The largest absolute Gasteiger partial charge is 0.369 e. The molecule has 1 fully saturated rings. The van der Waals surface area contributed by atoms with E-state index in [1.165, 1.54) is 15.4 Å². The molecule has 1 amide bonds. The minimum absolute atomic E-state index is 0.0888. The van der Waals surface area contributed by atoms with Crippen molar-refractivity contribution >= 4 is 38.1 Å². The Morgan fingerprint density at radius 2 is 1.89 bits per heavy atom.